The molecule has 4 aromatic rings. The summed E-state index contributed by atoms with van der Waals surface area (Å²) in [6.45, 7) is 3.82. The minimum atomic E-state index is -0.532. The number of carbonyl (C=O) groups is 2. The maximum absolute atomic E-state index is 12.7. The normalized spacial score (nSPS) is 12.8. The Kier molecular flexibility index (Phi) is 7.81. The quantitative estimate of drug-likeness (QED) is 0.324. The third-order valence-corrected chi connectivity index (χ3v) is 7.02. The van der Waals surface area contributed by atoms with Gasteiger partial charge in [0.05, 0.1) is 12.5 Å². The van der Waals surface area contributed by atoms with Gasteiger partial charge < -0.3 is 5.32 Å². The molecule has 0 radical (unpaired) electrons. The molecule has 0 bridgehead atoms. The Hall–Kier alpha value is -3.37. The van der Waals surface area contributed by atoms with Crippen LogP contribution in [0, 0.1) is 0 Å². The van der Waals surface area contributed by atoms with Crippen molar-refractivity contribution in [3.63, 3.8) is 0 Å². The van der Waals surface area contributed by atoms with Gasteiger partial charge >= 0.3 is 0 Å². The van der Waals surface area contributed by atoms with E-state index in [9.17, 15) is 9.59 Å². The summed E-state index contributed by atoms with van der Waals surface area (Å²) in [5.41, 5.74) is 4.54. The average Bonchev–Trinajstić information content (AvgIpc) is 2.85. The summed E-state index contributed by atoms with van der Waals surface area (Å²) in [6.07, 6.45) is 1.05. The SMILES string of the molecule is C[C@@H](Cc1ccc(-c2ccccc2)cc1)SC(=O)[C@@H](C)NC(=O)Cc1cccc2ccccc12. The smallest absolute Gasteiger partial charge is 0.225 e. The highest BCUT2D eigenvalue weighted by atomic mass is 32.2. The Morgan fingerprint density at radius 3 is 2.18 bits per heavy atom. The average molecular weight is 468 g/mol. The van der Waals surface area contributed by atoms with Crippen molar-refractivity contribution >= 4 is 33.6 Å². The highest BCUT2D eigenvalue weighted by Crippen LogP contribution is 2.23. The predicted octanol–water partition coefficient (Wildman–Crippen LogP) is 6.45. The third kappa shape index (κ3) is 6.15. The van der Waals surface area contributed by atoms with Crippen molar-refractivity contribution in [2.45, 2.75) is 38.0 Å². The van der Waals surface area contributed by atoms with Crippen LogP contribution in [0.15, 0.2) is 97.1 Å². The molecule has 172 valence electrons. The van der Waals surface area contributed by atoms with Gasteiger partial charge in [0.1, 0.15) is 0 Å². The van der Waals surface area contributed by atoms with Crippen LogP contribution in [0.1, 0.15) is 25.0 Å². The summed E-state index contributed by atoms with van der Waals surface area (Å²) in [5.74, 6) is -0.137. The first kappa shape index (κ1) is 23.8. The molecule has 0 heterocycles. The van der Waals surface area contributed by atoms with Crippen LogP contribution in [-0.4, -0.2) is 22.3 Å². The second kappa shape index (κ2) is 11.2. The number of hydrogen-bond donors (Lipinski definition) is 1. The molecule has 0 aliphatic heterocycles. The van der Waals surface area contributed by atoms with Crippen LogP contribution in [0.25, 0.3) is 21.9 Å². The predicted molar refractivity (Wildman–Crippen MR) is 143 cm³/mol. The van der Waals surface area contributed by atoms with E-state index in [1.807, 2.05) is 60.7 Å². The van der Waals surface area contributed by atoms with E-state index in [2.05, 4.69) is 48.6 Å². The molecule has 0 spiro atoms. The van der Waals surface area contributed by atoms with Gasteiger partial charge in [0, 0.05) is 5.25 Å². The van der Waals surface area contributed by atoms with Gasteiger partial charge in [-0.2, -0.15) is 0 Å². The van der Waals surface area contributed by atoms with Gasteiger partial charge in [-0.3, -0.25) is 9.59 Å². The highest BCUT2D eigenvalue weighted by Gasteiger charge is 2.19. The molecule has 0 unspecified atom stereocenters. The molecule has 0 saturated heterocycles. The molecule has 2 atom stereocenters. The standard InChI is InChI=1S/C30H29NO2S/c1-21(19-23-15-17-25(18-16-23)24-9-4-3-5-10-24)34-30(33)22(2)31-29(32)20-27-13-8-12-26-11-6-7-14-28(26)27/h3-18,21-22H,19-20H2,1-2H3,(H,31,32)/t21-,22+/m0/s1. The Morgan fingerprint density at radius 2 is 1.41 bits per heavy atom. The summed E-state index contributed by atoms with van der Waals surface area (Å²) in [7, 11) is 0. The Morgan fingerprint density at radius 1 is 0.765 bits per heavy atom. The van der Waals surface area contributed by atoms with E-state index in [1.165, 1.54) is 28.5 Å². The molecule has 0 fully saturated rings. The largest absolute Gasteiger partial charge is 0.345 e. The second-order valence-corrected chi connectivity index (χ2v) is 10.1. The first-order chi connectivity index (χ1) is 16.5. The van der Waals surface area contributed by atoms with Crippen molar-refractivity contribution in [2.75, 3.05) is 0 Å². The lowest BCUT2D eigenvalue weighted by atomic mass is 10.0. The summed E-state index contributed by atoms with van der Waals surface area (Å²) in [4.78, 5) is 25.4. The molecular formula is C30H29NO2S. The summed E-state index contributed by atoms with van der Waals surface area (Å²) >= 11 is 1.30. The molecule has 1 amide bonds. The number of carbonyl (C=O) groups excluding carboxylic acids is 2. The lowest BCUT2D eigenvalue weighted by Crippen LogP contribution is -2.38. The van der Waals surface area contributed by atoms with Gasteiger partial charge in [-0.25, -0.2) is 0 Å². The van der Waals surface area contributed by atoms with Gasteiger partial charge in [-0.1, -0.05) is 116 Å². The Labute approximate surface area is 205 Å². The first-order valence-electron chi connectivity index (χ1n) is 11.6. The maximum atomic E-state index is 12.7. The van der Waals surface area contributed by atoms with Crippen LogP contribution in [0.4, 0.5) is 0 Å². The Bertz CT molecular complexity index is 1260. The van der Waals surface area contributed by atoms with E-state index in [0.29, 0.717) is 0 Å². The molecule has 4 rings (SSSR count). The molecule has 1 N–H and O–H groups in total. The fourth-order valence-corrected chi connectivity index (χ4v) is 5.04. The fourth-order valence-electron chi connectivity index (χ4n) is 4.11. The van der Waals surface area contributed by atoms with E-state index >= 15 is 0 Å². The first-order valence-corrected chi connectivity index (χ1v) is 12.5. The third-order valence-electron chi connectivity index (χ3n) is 5.86. The van der Waals surface area contributed by atoms with Crippen LogP contribution in [0.3, 0.4) is 0 Å². The second-order valence-electron chi connectivity index (χ2n) is 8.62. The van der Waals surface area contributed by atoms with E-state index in [0.717, 1.165) is 22.8 Å². The van der Waals surface area contributed by atoms with Gasteiger partial charge in [0.2, 0.25) is 11.0 Å². The minimum Gasteiger partial charge on any atom is -0.345 e. The number of rotatable bonds is 8. The number of hydrogen-bond acceptors (Lipinski definition) is 3. The van der Waals surface area contributed by atoms with Crippen molar-refractivity contribution in [1.82, 2.24) is 5.32 Å². The van der Waals surface area contributed by atoms with E-state index < -0.39 is 6.04 Å². The number of amides is 1. The highest BCUT2D eigenvalue weighted by molar-refractivity contribution is 8.14. The fraction of sp³-hybridized carbons (Fsp3) is 0.200. The molecule has 34 heavy (non-hydrogen) atoms. The van der Waals surface area contributed by atoms with Crippen LogP contribution in [-0.2, 0) is 22.4 Å². The number of benzene rings is 4. The zero-order valence-electron chi connectivity index (χ0n) is 19.5. The van der Waals surface area contributed by atoms with Crippen molar-refractivity contribution in [1.29, 1.82) is 0 Å². The molecule has 3 nitrogen and oxygen atoms in total. The van der Waals surface area contributed by atoms with Crippen molar-refractivity contribution in [2.24, 2.45) is 0 Å². The topological polar surface area (TPSA) is 46.2 Å². The lowest BCUT2D eigenvalue weighted by Gasteiger charge is -2.16. The number of fused-ring (bicyclic) bond motifs is 1. The lowest BCUT2D eigenvalue weighted by molar-refractivity contribution is -0.123. The molecule has 0 aliphatic rings. The summed E-state index contributed by atoms with van der Waals surface area (Å²) in [6, 6.07) is 32.2. The number of nitrogens with one attached hydrogen (secondary N) is 1. The molecular weight excluding hydrogens is 438 g/mol. The van der Waals surface area contributed by atoms with Crippen LogP contribution >= 0.6 is 11.8 Å². The minimum absolute atomic E-state index is 0.0142. The van der Waals surface area contributed by atoms with Crippen LogP contribution in [0.5, 0.6) is 0 Å². The molecule has 0 saturated carbocycles. The monoisotopic (exact) mass is 467 g/mol. The van der Waals surface area contributed by atoms with E-state index in [4.69, 9.17) is 0 Å². The molecule has 0 aliphatic carbocycles. The molecule has 0 aromatic heterocycles. The zero-order chi connectivity index (χ0) is 23.9. The van der Waals surface area contributed by atoms with Gasteiger partial charge in [0.15, 0.2) is 0 Å². The van der Waals surface area contributed by atoms with E-state index in [1.54, 1.807) is 6.92 Å². The summed E-state index contributed by atoms with van der Waals surface area (Å²) < 4.78 is 0. The van der Waals surface area contributed by atoms with Crippen molar-refractivity contribution in [3.05, 3.63) is 108 Å². The van der Waals surface area contributed by atoms with Crippen molar-refractivity contribution < 1.29 is 9.59 Å². The van der Waals surface area contributed by atoms with Crippen molar-refractivity contribution in [3.8, 4) is 11.1 Å². The number of thioether (sulfide) groups is 1. The maximum Gasteiger partial charge on any atom is 0.225 e. The summed E-state index contributed by atoms with van der Waals surface area (Å²) in [5, 5.41) is 5.16. The molecule has 4 aromatic carbocycles. The van der Waals surface area contributed by atoms with Crippen LogP contribution < -0.4 is 5.32 Å². The molecule has 4 heteroatoms. The van der Waals surface area contributed by atoms with Crippen LogP contribution in [0.2, 0.25) is 0 Å². The zero-order valence-corrected chi connectivity index (χ0v) is 20.3. The van der Waals surface area contributed by atoms with Gasteiger partial charge in [-0.05, 0) is 46.4 Å². The van der Waals surface area contributed by atoms with E-state index in [-0.39, 0.29) is 22.7 Å². The van der Waals surface area contributed by atoms with Gasteiger partial charge in [0.25, 0.3) is 0 Å². The van der Waals surface area contributed by atoms with Gasteiger partial charge in [-0.15, -0.1) is 0 Å². The Balaban J connectivity index is 1.28.